The normalized spacial score (nSPS) is 15.0. The lowest BCUT2D eigenvalue weighted by Crippen LogP contribution is -2.03. The van der Waals surface area contributed by atoms with Crippen molar-refractivity contribution in [3.05, 3.63) is 81.4 Å². The zero-order valence-corrected chi connectivity index (χ0v) is 23.3. The van der Waals surface area contributed by atoms with E-state index in [4.69, 9.17) is 14.2 Å². The largest absolute Gasteiger partial charge is 0.507 e. The average molecular weight is 739 g/mol. The molecule has 1 heterocycles. The highest BCUT2D eigenvalue weighted by Gasteiger charge is 2.16. The van der Waals surface area contributed by atoms with Gasteiger partial charge in [0.2, 0.25) is 0 Å². The van der Waals surface area contributed by atoms with Gasteiger partial charge in [-0.15, -0.1) is 0 Å². The first-order valence-electron chi connectivity index (χ1n) is 10.1. The van der Waals surface area contributed by atoms with E-state index < -0.39 is 0 Å². The summed E-state index contributed by atoms with van der Waals surface area (Å²) in [4.78, 5) is 0. The van der Waals surface area contributed by atoms with E-state index in [1.807, 2.05) is 24.3 Å². The molecule has 0 saturated carbocycles. The van der Waals surface area contributed by atoms with E-state index in [0.29, 0.717) is 33.4 Å². The number of hydrogen-bond acceptors (Lipinski definition) is 6. The zero-order chi connectivity index (χ0) is 23.5. The molecule has 1 aliphatic heterocycles. The van der Waals surface area contributed by atoms with Crippen molar-refractivity contribution in [1.82, 2.24) is 0 Å². The first kappa shape index (κ1) is 25.0. The third-order valence-electron chi connectivity index (χ3n) is 5.24. The summed E-state index contributed by atoms with van der Waals surface area (Å²) in [5.41, 5.74) is 3.78. The summed E-state index contributed by atoms with van der Waals surface area (Å²) >= 11 is 7.86. The Morgan fingerprint density at radius 1 is 0.515 bits per heavy atom. The lowest BCUT2D eigenvalue weighted by atomic mass is 10.1. The Hall–Kier alpha value is -1.12. The van der Waals surface area contributed by atoms with Crippen LogP contribution < -0.4 is 0 Å². The minimum absolute atomic E-state index is 0.104. The molecule has 0 saturated heterocycles. The second-order valence-corrected chi connectivity index (χ2v) is 11.1. The van der Waals surface area contributed by atoms with Crippen LogP contribution in [0.2, 0.25) is 0 Å². The first-order chi connectivity index (χ1) is 15.8. The quantitative estimate of drug-likeness (QED) is 0.237. The van der Waals surface area contributed by atoms with Crippen molar-refractivity contribution in [3.8, 4) is 17.2 Å². The summed E-state index contributed by atoms with van der Waals surface area (Å²) in [6.07, 6.45) is 0. The van der Waals surface area contributed by atoms with Gasteiger partial charge in [-0.3, -0.25) is 0 Å². The number of fused-ring (bicyclic) bond motifs is 6. The maximum atomic E-state index is 10.8. The van der Waals surface area contributed by atoms with E-state index in [2.05, 4.69) is 61.1 Å². The molecule has 6 bridgehead atoms. The van der Waals surface area contributed by atoms with Gasteiger partial charge in [0.25, 0.3) is 0 Å². The molecule has 9 heteroatoms. The Morgan fingerprint density at radius 2 is 0.758 bits per heavy atom. The summed E-state index contributed by atoms with van der Waals surface area (Å²) in [5.74, 6) is 0.348. The summed E-state index contributed by atoms with van der Waals surface area (Å²) < 4.78 is 20.2. The molecule has 0 radical (unpaired) electrons. The van der Waals surface area contributed by atoms with Crippen LogP contribution in [0.25, 0.3) is 0 Å². The molecule has 3 aromatic carbocycles. The van der Waals surface area contributed by atoms with Gasteiger partial charge in [0.05, 0.1) is 39.6 Å². The SMILES string of the molecule is Oc1c2cc(Br)cc1COCc1cc(I)cc(c1O)COCc1cc(I)cc(c1O)COC2. The molecule has 3 aromatic rings. The highest BCUT2D eigenvalue weighted by atomic mass is 127. The molecule has 0 unspecified atom stereocenters. The van der Waals surface area contributed by atoms with Crippen LogP contribution in [0.1, 0.15) is 33.4 Å². The molecule has 6 nitrogen and oxygen atoms in total. The number of phenolic OH excluding ortho intramolecular Hbond substituents is 3. The zero-order valence-electron chi connectivity index (χ0n) is 17.4. The third kappa shape index (κ3) is 6.12. The Balaban J connectivity index is 1.71. The molecule has 3 N–H and O–H groups in total. The van der Waals surface area contributed by atoms with Crippen molar-refractivity contribution in [1.29, 1.82) is 0 Å². The number of rotatable bonds is 0. The molecule has 4 rings (SSSR count). The molecular weight excluding hydrogens is 718 g/mol. The van der Waals surface area contributed by atoms with Gasteiger partial charge in [-0.1, -0.05) is 15.9 Å². The Labute approximate surface area is 227 Å². The van der Waals surface area contributed by atoms with E-state index in [9.17, 15) is 15.3 Å². The van der Waals surface area contributed by atoms with Crippen LogP contribution in [-0.2, 0) is 53.9 Å². The lowest BCUT2D eigenvalue weighted by molar-refractivity contribution is 0.0930. The van der Waals surface area contributed by atoms with E-state index in [1.165, 1.54) is 0 Å². The maximum Gasteiger partial charge on any atom is 0.126 e. The summed E-state index contributed by atoms with van der Waals surface area (Å²) in [6.45, 7) is 1.04. The average Bonchev–Trinajstić information content (AvgIpc) is 2.76. The van der Waals surface area contributed by atoms with Crippen molar-refractivity contribution in [2.45, 2.75) is 39.6 Å². The molecule has 33 heavy (non-hydrogen) atoms. The Bertz CT molecular complexity index is 962. The van der Waals surface area contributed by atoms with Gasteiger partial charge in [-0.25, -0.2) is 0 Å². The monoisotopic (exact) mass is 738 g/mol. The molecule has 0 atom stereocenters. The fourth-order valence-electron chi connectivity index (χ4n) is 3.63. The summed E-state index contributed by atoms with van der Waals surface area (Å²) in [7, 11) is 0. The summed E-state index contributed by atoms with van der Waals surface area (Å²) in [6, 6.07) is 11.0. The van der Waals surface area contributed by atoms with Crippen LogP contribution in [0, 0.1) is 7.14 Å². The van der Waals surface area contributed by atoms with Crippen LogP contribution >= 0.6 is 61.1 Å². The number of aromatic hydroxyl groups is 3. The Morgan fingerprint density at radius 3 is 1.03 bits per heavy atom. The van der Waals surface area contributed by atoms with Gasteiger partial charge >= 0.3 is 0 Å². The number of halogens is 3. The highest BCUT2D eigenvalue weighted by Crippen LogP contribution is 2.33. The van der Waals surface area contributed by atoms with Gasteiger partial charge in [0.15, 0.2) is 0 Å². The molecule has 0 amide bonds. The van der Waals surface area contributed by atoms with Crippen LogP contribution in [-0.4, -0.2) is 15.3 Å². The predicted molar refractivity (Wildman–Crippen MR) is 143 cm³/mol. The molecule has 174 valence electrons. The predicted octanol–water partition coefficient (Wildman–Crippen LogP) is 6.24. The summed E-state index contributed by atoms with van der Waals surface area (Å²) in [5, 5.41) is 32.2. The van der Waals surface area contributed by atoms with E-state index >= 15 is 0 Å². The molecule has 1 aliphatic rings. The van der Waals surface area contributed by atoms with Crippen molar-refractivity contribution < 1.29 is 29.5 Å². The van der Waals surface area contributed by atoms with Gasteiger partial charge in [0.1, 0.15) is 17.2 Å². The maximum absolute atomic E-state index is 10.8. The van der Waals surface area contributed by atoms with Crippen molar-refractivity contribution in [2.75, 3.05) is 0 Å². The fourth-order valence-corrected chi connectivity index (χ4v) is 5.68. The minimum atomic E-state index is 0.104. The molecule has 0 aliphatic carbocycles. The van der Waals surface area contributed by atoms with Crippen molar-refractivity contribution in [2.24, 2.45) is 0 Å². The van der Waals surface area contributed by atoms with Gasteiger partial charge in [-0.05, 0) is 81.6 Å². The number of hydrogen-bond donors (Lipinski definition) is 3. The molecule has 0 fully saturated rings. The van der Waals surface area contributed by atoms with Gasteiger partial charge in [-0.2, -0.15) is 0 Å². The number of phenols is 3. The number of benzene rings is 3. The first-order valence-corrected chi connectivity index (χ1v) is 13.0. The van der Waals surface area contributed by atoms with Crippen molar-refractivity contribution >= 4 is 61.1 Å². The van der Waals surface area contributed by atoms with E-state index in [0.717, 1.165) is 11.6 Å². The van der Waals surface area contributed by atoms with Gasteiger partial charge < -0.3 is 29.5 Å². The molecule has 0 aromatic heterocycles. The topological polar surface area (TPSA) is 88.4 Å². The number of ether oxygens (including phenoxy) is 3. The van der Waals surface area contributed by atoms with Crippen LogP contribution in [0.3, 0.4) is 0 Å². The molecular formula is C24H21BrI2O6. The van der Waals surface area contributed by atoms with Crippen molar-refractivity contribution in [3.63, 3.8) is 0 Å². The Kier molecular flexibility index (Phi) is 8.39. The standard InChI is InChI=1S/C24H21BrI2O6/c25-19-1-13-7-31-9-15-3-20(26)5-17(23(15)29)11-33-12-18-6-21(27)4-16(24(18)30)10-32-8-14(2-19)22(13)28/h1-6,28-30H,7-12H2. The molecule has 0 spiro atoms. The second-order valence-electron chi connectivity index (χ2n) is 7.70. The van der Waals surface area contributed by atoms with Crippen LogP contribution in [0.5, 0.6) is 17.2 Å². The van der Waals surface area contributed by atoms with E-state index in [1.54, 1.807) is 12.1 Å². The van der Waals surface area contributed by atoms with Gasteiger partial charge in [0, 0.05) is 45.0 Å². The van der Waals surface area contributed by atoms with Crippen LogP contribution in [0.4, 0.5) is 0 Å². The minimum Gasteiger partial charge on any atom is -0.507 e. The lowest BCUT2D eigenvalue weighted by Gasteiger charge is -2.16. The highest BCUT2D eigenvalue weighted by molar-refractivity contribution is 14.1. The second kappa shape index (κ2) is 11.1. The van der Waals surface area contributed by atoms with Crippen LogP contribution in [0.15, 0.2) is 40.9 Å². The smallest absolute Gasteiger partial charge is 0.126 e. The fraction of sp³-hybridized carbons (Fsp3) is 0.250. The van der Waals surface area contributed by atoms with E-state index in [-0.39, 0.29) is 56.9 Å². The third-order valence-corrected chi connectivity index (χ3v) is 6.95.